The maximum absolute atomic E-state index is 13.3. The van der Waals surface area contributed by atoms with E-state index in [9.17, 15) is 9.18 Å². The summed E-state index contributed by atoms with van der Waals surface area (Å²) in [6.45, 7) is 6.27. The van der Waals surface area contributed by atoms with Gasteiger partial charge in [-0.25, -0.2) is 4.39 Å². The maximum atomic E-state index is 13.3. The van der Waals surface area contributed by atoms with Gasteiger partial charge in [0.25, 0.3) is 5.91 Å². The van der Waals surface area contributed by atoms with E-state index in [4.69, 9.17) is 0 Å². The number of benzene rings is 1. The van der Waals surface area contributed by atoms with Gasteiger partial charge < -0.3 is 4.90 Å². The van der Waals surface area contributed by atoms with E-state index in [-0.39, 0.29) is 11.7 Å². The van der Waals surface area contributed by atoms with Crippen LogP contribution in [0.2, 0.25) is 0 Å². The molecule has 1 fully saturated rings. The van der Waals surface area contributed by atoms with E-state index in [2.05, 4.69) is 25.9 Å². The highest BCUT2D eigenvalue weighted by molar-refractivity contribution is 9.10. The maximum Gasteiger partial charge on any atom is 0.275 e. The van der Waals surface area contributed by atoms with Crippen LogP contribution in [0.3, 0.4) is 0 Å². The van der Waals surface area contributed by atoms with Crippen LogP contribution in [0.15, 0.2) is 34.9 Å². The van der Waals surface area contributed by atoms with Crippen LogP contribution < -0.4 is 0 Å². The van der Waals surface area contributed by atoms with Gasteiger partial charge in [-0.1, -0.05) is 12.1 Å². The summed E-state index contributed by atoms with van der Waals surface area (Å²) >= 11 is 3.41. The number of rotatable bonds is 4. The van der Waals surface area contributed by atoms with Gasteiger partial charge >= 0.3 is 0 Å². The van der Waals surface area contributed by atoms with Gasteiger partial charge in [0.05, 0.1) is 4.47 Å². The first-order valence-corrected chi connectivity index (χ1v) is 8.85. The average Bonchev–Trinajstić information content (AvgIpc) is 2.96. The molecule has 2 heterocycles. The minimum atomic E-state index is -0.210. The first kappa shape index (κ1) is 17.1. The Hall–Kier alpha value is -1.73. The molecule has 0 N–H and O–H groups in total. The smallest absolute Gasteiger partial charge is 0.275 e. The van der Waals surface area contributed by atoms with E-state index in [0.717, 1.165) is 29.7 Å². The standard InChI is InChI=1S/C17H20BrFN4O/c1-2-23-12-15(18)16(20-23)17(24)22-8-6-21(7-9-22)11-13-4-3-5-14(19)10-13/h3-5,10,12H,2,6-9,11H2,1H3. The minimum absolute atomic E-state index is 0.0421. The SMILES string of the molecule is CCn1cc(Br)c(C(=O)N2CCN(Cc3cccc(F)c3)CC2)n1. The zero-order valence-corrected chi connectivity index (χ0v) is 15.2. The summed E-state index contributed by atoms with van der Waals surface area (Å²) < 4.78 is 15.7. The lowest BCUT2D eigenvalue weighted by atomic mass is 10.2. The van der Waals surface area contributed by atoms with Crippen molar-refractivity contribution in [3.63, 3.8) is 0 Å². The number of nitrogens with zero attached hydrogens (tertiary/aromatic N) is 4. The second-order valence-corrected chi connectivity index (χ2v) is 6.73. The number of hydrogen-bond acceptors (Lipinski definition) is 3. The lowest BCUT2D eigenvalue weighted by molar-refractivity contribution is 0.0621. The van der Waals surface area contributed by atoms with E-state index in [1.54, 1.807) is 16.8 Å². The predicted octanol–water partition coefficient (Wildman–Crippen LogP) is 2.76. The molecule has 1 aromatic carbocycles. The van der Waals surface area contributed by atoms with E-state index >= 15 is 0 Å². The minimum Gasteiger partial charge on any atom is -0.335 e. The Bertz CT molecular complexity index is 725. The van der Waals surface area contributed by atoms with Crippen LogP contribution in [0.5, 0.6) is 0 Å². The van der Waals surface area contributed by atoms with Gasteiger partial charge in [0.2, 0.25) is 0 Å². The Morgan fingerprint density at radius 2 is 2.04 bits per heavy atom. The van der Waals surface area contributed by atoms with Crippen LogP contribution in [0.25, 0.3) is 0 Å². The second-order valence-electron chi connectivity index (χ2n) is 5.88. The van der Waals surface area contributed by atoms with Gasteiger partial charge in [-0.05, 0) is 40.5 Å². The Morgan fingerprint density at radius 1 is 1.29 bits per heavy atom. The summed E-state index contributed by atoms with van der Waals surface area (Å²) in [6.07, 6.45) is 1.83. The Labute approximate surface area is 149 Å². The first-order valence-electron chi connectivity index (χ1n) is 8.06. The average molecular weight is 395 g/mol. The fraction of sp³-hybridized carbons (Fsp3) is 0.412. The first-order chi connectivity index (χ1) is 11.6. The predicted molar refractivity (Wildman–Crippen MR) is 93.2 cm³/mol. The van der Waals surface area contributed by atoms with Crippen LogP contribution in [-0.4, -0.2) is 51.7 Å². The molecule has 1 aliphatic rings. The highest BCUT2D eigenvalue weighted by atomic mass is 79.9. The quantitative estimate of drug-likeness (QED) is 0.800. The van der Waals surface area contributed by atoms with E-state index < -0.39 is 0 Å². The number of carbonyl (C=O) groups excluding carboxylic acids is 1. The molecule has 0 radical (unpaired) electrons. The van der Waals surface area contributed by atoms with Crippen molar-refractivity contribution < 1.29 is 9.18 Å². The van der Waals surface area contributed by atoms with Crippen molar-refractivity contribution in [2.75, 3.05) is 26.2 Å². The van der Waals surface area contributed by atoms with Gasteiger partial charge in [-0.2, -0.15) is 5.10 Å². The number of aryl methyl sites for hydroxylation is 1. The lowest BCUT2D eigenvalue weighted by Crippen LogP contribution is -2.48. The molecule has 0 aliphatic carbocycles. The molecule has 24 heavy (non-hydrogen) atoms. The van der Waals surface area contributed by atoms with Crippen molar-refractivity contribution in [2.24, 2.45) is 0 Å². The van der Waals surface area contributed by atoms with Crippen molar-refractivity contribution in [3.05, 3.63) is 52.0 Å². The zero-order valence-electron chi connectivity index (χ0n) is 13.6. The molecule has 0 spiro atoms. The van der Waals surface area contributed by atoms with E-state index in [0.29, 0.717) is 25.3 Å². The van der Waals surface area contributed by atoms with Crippen LogP contribution in [0, 0.1) is 5.82 Å². The molecule has 0 saturated carbocycles. The van der Waals surface area contributed by atoms with Crippen molar-refractivity contribution >= 4 is 21.8 Å². The van der Waals surface area contributed by atoms with Crippen LogP contribution in [0.1, 0.15) is 23.0 Å². The largest absolute Gasteiger partial charge is 0.335 e. The second kappa shape index (κ2) is 7.44. The third kappa shape index (κ3) is 3.84. The number of carbonyl (C=O) groups is 1. The van der Waals surface area contributed by atoms with E-state index in [1.165, 1.54) is 6.07 Å². The third-order valence-corrected chi connectivity index (χ3v) is 4.78. The number of aromatic nitrogens is 2. The van der Waals surface area contributed by atoms with Gasteiger partial charge in [0.15, 0.2) is 5.69 Å². The summed E-state index contributed by atoms with van der Waals surface area (Å²) in [6, 6.07) is 6.67. The summed E-state index contributed by atoms with van der Waals surface area (Å²) in [5.74, 6) is -0.253. The van der Waals surface area contributed by atoms with E-state index in [1.807, 2.05) is 24.1 Å². The molecule has 0 bridgehead atoms. The fourth-order valence-corrected chi connectivity index (χ4v) is 3.34. The van der Waals surface area contributed by atoms with Crippen molar-refractivity contribution in [1.29, 1.82) is 0 Å². The van der Waals surface area contributed by atoms with Gasteiger partial charge in [0, 0.05) is 45.5 Å². The molecular formula is C17H20BrFN4O. The zero-order chi connectivity index (χ0) is 17.1. The van der Waals surface area contributed by atoms with Gasteiger partial charge in [0.1, 0.15) is 5.82 Å². The van der Waals surface area contributed by atoms with Gasteiger partial charge in [-0.3, -0.25) is 14.4 Å². The highest BCUT2D eigenvalue weighted by Gasteiger charge is 2.25. The molecule has 1 saturated heterocycles. The molecule has 128 valence electrons. The third-order valence-electron chi connectivity index (χ3n) is 4.20. The molecule has 2 aromatic rings. The summed E-state index contributed by atoms with van der Waals surface area (Å²) in [5, 5.41) is 4.32. The molecule has 5 nitrogen and oxygen atoms in total. The van der Waals surface area contributed by atoms with Crippen LogP contribution >= 0.6 is 15.9 Å². The molecule has 7 heteroatoms. The summed E-state index contributed by atoms with van der Waals surface area (Å²) in [4.78, 5) is 16.7. The topological polar surface area (TPSA) is 41.4 Å². The van der Waals surface area contributed by atoms with Crippen LogP contribution in [-0.2, 0) is 13.1 Å². The molecule has 0 unspecified atom stereocenters. The molecule has 3 rings (SSSR count). The monoisotopic (exact) mass is 394 g/mol. The number of hydrogen-bond donors (Lipinski definition) is 0. The number of piperazine rings is 1. The van der Waals surface area contributed by atoms with Crippen molar-refractivity contribution in [2.45, 2.75) is 20.0 Å². The van der Waals surface area contributed by atoms with Crippen LogP contribution in [0.4, 0.5) is 4.39 Å². The molecule has 1 aromatic heterocycles. The van der Waals surface area contributed by atoms with Crippen molar-refractivity contribution in [1.82, 2.24) is 19.6 Å². The number of amides is 1. The Balaban J connectivity index is 1.58. The molecule has 0 atom stereocenters. The van der Waals surface area contributed by atoms with Crippen molar-refractivity contribution in [3.8, 4) is 0 Å². The fourth-order valence-electron chi connectivity index (χ4n) is 2.86. The normalized spacial score (nSPS) is 15.7. The molecule has 1 amide bonds. The highest BCUT2D eigenvalue weighted by Crippen LogP contribution is 2.18. The molecule has 1 aliphatic heterocycles. The Morgan fingerprint density at radius 3 is 2.67 bits per heavy atom. The summed E-state index contributed by atoms with van der Waals surface area (Å²) in [7, 11) is 0. The Kier molecular flexibility index (Phi) is 5.30. The number of halogens is 2. The lowest BCUT2D eigenvalue weighted by Gasteiger charge is -2.34. The van der Waals surface area contributed by atoms with Gasteiger partial charge in [-0.15, -0.1) is 0 Å². The summed E-state index contributed by atoms with van der Waals surface area (Å²) in [5.41, 5.74) is 1.43. The molecular weight excluding hydrogens is 375 g/mol.